The molecule has 2 N–H and O–H groups in total. The van der Waals surface area contributed by atoms with E-state index in [1.165, 1.54) is 27.6 Å². The van der Waals surface area contributed by atoms with Crippen molar-refractivity contribution in [1.82, 2.24) is 14.9 Å². The molecule has 0 aliphatic heterocycles. The molecule has 26 heavy (non-hydrogen) atoms. The molecule has 2 aromatic carbocycles. The van der Waals surface area contributed by atoms with Crippen LogP contribution in [0.25, 0.3) is 0 Å². The maximum absolute atomic E-state index is 8.96. The van der Waals surface area contributed by atoms with Crippen LogP contribution in [0.2, 0.25) is 0 Å². The molecule has 0 aliphatic carbocycles. The van der Waals surface area contributed by atoms with Crippen LogP contribution in [0.5, 0.6) is 5.75 Å². The number of hydrogen-bond donors (Lipinski definition) is 1. The molecule has 0 fully saturated rings. The van der Waals surface area contributed by atoms with Gasteiger partial charge in [0.05, 0.1) is 11.6 Å². The van der Waals surface area contributed by atoms with Crippen molar-refractivity contribution in [2.45, 2.75) is 31.4 Å². The number of aryl methyl sites for hydroxylation is 2. The number of thioether (sulfide) groups is 1. The van der Waals surface area contributed by atoms with Crippen LogP contribution >= 0.6 is 11.8 Å². The zero-order valence-electron chi connectivity index (χ0n) is 14.6. The van der Waals surface area contributed by atoms with Gasteiger partial charge < -0.3 is 10.6 Å². The molecule has 0 saturated carbocycles. The number of rotatable bonds is 6. The normalized spacial score (nSPS) is 10.5. The summed E-state index contributed by atoms with van der Waals surface area (Å²) in [6, 6.07) is 15.5. The zero-order valence-corrected chi connectivity index (χ0v) is 15.5. The Labute approximate surface area is 156 Å². The fourth-order valence-electron chi connectivity index (χ4n) is 2.33. The highest BCUT2D eigenvalue weighted by Gasteiger charge is 2.11. The van der Waals surface area contributed by atoms with Crippen LogP contribution in [0.1, 0.15) is 28.1 Å². The Hall–Kier alpha value is -2.98. The summed E-state index contributed by atoms with van der Waals surface area (Å²) in [5.41, 5.74) is 4.07. The van der Waals surface area contributed by atoms with Gasteiger partial charge in [-0.3, -0.25) is 0 Å². The van der Waals surface area contributed by atoms with Crippen molar-refractivity contribution < 1.29 is 4.74 Å². The van der Waals surface area contributed by atoms with E-state index in [2.05, 4.69) is 23.2 Å². The molecule has 1 heterocycles. The molecule has 0 saturated heterocycles. The third kappa shape index (κ3) is 4.16. The van der Waals surface area contributed by atoms with Crippen LogP contribution < -0.4 is 10.6 Å². The molecule has 0 unspecified atom stereocenters. The van der Waals surface area contributed by atoms with Gasteiger partial charge >= 0.3 is 0 Å². The second-order valence-electron chi connectivity index (χ2n) is 5.90. The maximum Gasteiger partial charge on any atom is 0.210 e. The van der Waals surface area contributed by atoms with Crippen molar-refractivity contribution >= 4 is 11.8 Å². The standard InChI is InChI=1S/C19H19N5OS/c1-13-6-7-17(8-14(13)2)25-11-18-22-23-19(24(18)21)26-12-16-5-3-4-15(9-16)10-20/h3-9H,11-12,21H2,1-2H3. The Balaban J connectivity index is 1.62. The SMILES string of the molecule is Cc1ccc(OCc2nnc(SCc3cccc(C#N)c3)n2N)cc1C. The largest absolute Gasteiger partial charge is 0.486 e. The molecule has 1 aromatic heterocycles. The lowest BCUT2D eigenvalue weighted by Crippen LogP contribution is -2.15. The predicted molar refractivity (Wildman–Crippen MR) is 101 cm³/mol. The summed E-state index contributed by atoms with van der Waals surface area (Å²) in [4.78, 5) is 0. The fourth-order valence-corrected chi connectivity index (χ4v) is 3.15. The second-order valence-corrected chi connectivity index (χ2v) is 6.85. The first-order valence-electron chi connectivity index (χ1n) is 8.08. The maximum atomic E-state index is 8.96. The molecule has 0 amide bonds. The minimum absolute atomic E-state index is 0.247. The van der Waals surface area contributed by atoms with E-state index < -0.39 is 0 Å². The van der Waals surface area contributed by atoms with Crippen molar-refractivity contribution in [3.63, 3.8) is 0 Å². The summed E-state index contributed by atoms with van der Waals surface area (Å²) in [6.07, 6.45) is 0. The van der Waals surface area contributed by atoms with Gasteiger partial charge in [0, 0.05) is 5.75 Å². The average Bonchev–Trinajstić information content (AvgIpc) is 3.01. The number of benzene rings is 2. The van der Waals surface area contributed by atoms with E-state index in [-0.39, 0.29) is 6.61 Å². The Morgan fingerprint density at radius 3 is 2.77 bits per heavy atom. The molecule has 0 radical (unpaired) electrons. The minimum atomic E-state index is 0.247. The van der Waals surface area contributed by atoms with Gasteiger partial charge in [0.15, 0.2) is 5.82 Å². The number of ether oxygens (including phenoxy) is 1. The highest BCUT2D eigenvalue weighted by molar-refractivity contribution is 7.98. The third-order valence-electron chi connectivity index (χ3n) is 4.01. The summed E-state index contributed by atoms with van der Waals surface area (Å²) >= 11 is 1.47. The van der Waals surface area contributed by atoms with Crippen LogP contribution in [0.4, 0.5) is 0 Å². The van der Waals surface area contributed by atoms with Gasteiger partial charge in [-0.05, 0) is 54.8 Å². The highest BCUT2D eigenvalue weighted by Crippen LogP contribution is 2.22. The number of nitrogens with zero attached hydrogens (tertiary/aromatic N) is 4. The average molecular weight is 365 g/mol. The molecule has 0 aliphatic rings. The number of hydrogen-bond acceptors (Lipinski definition) is 6. The smallest absolute Gasteiger partial charge is 0.210 e. The van der Waals surface area contributed by atoms with Gasteiger partial charge in [0.25, 0.3) is 0 Å². The Kier molecular flexibility index (Phi) is 5.44. The third-order valence-corrected chi connectivity index (χ3v) is 5.02. The van der Waals surface area contributed by atoms with E-state index in [4.69, 9.17) is 15.8 Å². The summed E-state index contributed by atoms with van der Waals surface area (Å²) in [6.45, 7) is 4.35. The Morgan fingerprint density at radius 2 is 2.00 bits per heavy atom. The first-order chi connectivity index (χ1) is 12.6. The van der Waals surface area contributed by atoms with Gasteiger partial charge in [0.1, 0.15) is 12.4 Å². The van der Waals surface area contributed by atoms with Crippen molar-refractivity contribution in [1.29, 1.82) is 5.26 Å². The zero-order chi connectivity index (χ0) is 18.5. The molecule has 7 heteroatoms. The molecule has 3 aromatic rings. The van der Waals surface area contributed by atoms with E-state index in [0.717, 1.165) is 11.3 Å². The monoisotopic (exact) mass is 365 g/mol. The quantitative estimate of drug-likeness (QED) is 0.532. The summed E-state index contributed by atoms with van der Waals surface area (Å²) < 4.78 is 7.21. The van der Waals surface area contributed by atoms with Gasteiger partial charge in [-0.15, -0.1) is 10.2 Å². The van der Waals surface area contributed by atoms with Crippen LogP contribution in [0.15, 0.2) is 47.6 Å². The molecule has 3 rings (SSSR count). The van der Waals surface area contributed by atoms with Gasteiger partial charge in [-0.2, -0.15) is 5.26 Å². The first kappa shape index (κ1) is 17.8. The number of nitriles is 1. The summed E-state index contributed by atoms with van der Waals surface area (Å²) in [7, 11) is 0. The lowest BCUT2D eigenvalue weighted by molar-refractivity contribution is 0.291. The van der Waals surface area contributed by atoms with Gasteiger partial charge in [0.2, 0.25) is 5.16 Å². The van der Waals surface area contributed by atoms with Crippen molar-refractivity contribution in [2.24, 2.45) is 0 Å². The van der Waals surface area contributed by atoms with Crippen molar-refractivity contribution in [3.05, 3.63) is 70.5 Å². The number of nitrogens with two attached hydrogens (primary N) is 1. The number of aromatic nitrogens is 3. The molecule has 6 nitrogen and oxygen atoms in total. The molecular formula is C19H19N5OS. The topological polar surface area (TPSA) is 89.8 Å². The number of nitrogen functional groups attached to an aromatic ring is 1. The highest BCUT2D eigenvalue weighted by atomic mass is 32.2. The summed E-state index contributed by atoms with van der Waals surface area (Å²) in [5.74, 6) is 8.06. The first-order valence-corrected chi connectivity index (χ1v) is 9.06. The fraction of sp³-hybridized carbons (Fsp3) is 0.211. The van der Waals surface area contributed by atoms with Crippen LogP contribution in [-0.2, 0) is 12.4 Å². The van der Waals surface area contributed by atoms with Gasteiger partial charge in [-0.1, -0.05) is 30.0 Å². The van der Waals surface area contributed by atoms with Crippen LogP contribution in [0.3, 0.4) is 0 Å². The van der Waals surface area contributed by atoms with Crippen molar-refractivity contribution in [2.75, 3.05) is 5.84 Å². The van der Waals surface area contributed by atoms with E-state index >= 15 is 0 Å². The molecule has 0 spiro atoms. The van der Waals surface area contributed by atoms with E-state index in [1.807, 2.05) is 43.3 Å². The Bertz CT molecular complexity index is 961. The van der Waals surface area contributed by atoms with Gasteiger partial charge in [-0.25, -0.2) is 4.68 Å². The second kappa shape index (κ2) is 7.93. The van der Waals surface area contributed by atoms with Crippen molar-refractivity contribution in [3.8, 4) is 11.8 Å². The lowest BCUT2D eigenvalue weighted by atomic mass is 10.1. The lowest BCUT2D eigenvalue weighted by Gasteiger charge is -2.08. The minimum Gasteiger partial charge on any atom is -0.486 e. The molecule has 0 bridgehead atoms. The van der Waals surface area contributed by atoms with Crippen LogP contribution in [0, 0.1) is 25.2 Å². The predicted octanol–water partition coefficient (Wildman–Crippen LogP) is 3.35. The molecule has 132 valence electrons. The van der Waals surface area contributed by atoms with E-state index in [1.54, 1.807) is 6.07 Å². The molecular weight excluding hydrogens is 346 g/mol. The van der Waals surface area contributed by atoms with E-state index in [9.17, 15) is 0 Å². The van der Waals surface area contributed by atoms with E-state index in [0.29, 0.717) is 22.3 Å². The summed E-state index contributed by atoms with van der Waals surface area (Å²) in [5, 5.41) is 17.8. The molecule has 0 atom stereocenters. The van der Waals surface area contributed by atoms with Crippen LogP contribution in [-0.4, -0.2) is 14.9 Å². The Morgan fingerprint density at radius 1 is 1.15 bits per heavy atom.